The standard InChI is InChI=1S/C10H14N2S/c1-8(12-10(11)13)7-9-5-3-2-4-6-9/h2-6,8H,7H2,1H3,(H3,11,12,13)/t8-/m0/s1. The fourth-order valence-corrected chi connectivity index (χ4v) is 1.46. The molecule has 0 aliphatic rings. The third-order valence-corrected chi connectivity index (χ3v) is 1.89. The van der Waals surface area contributed by atoms with Gasteiger partial charge in [-0.1, -0.05) is 30.3 Å². The van der Waals surface area contributed by atoms with E-state index in [1.807, 2.05) is 18.2 Å². The summed E-state index contributed by atoms with van der Waals surface area (Å²) < 4.78 is 0. The van der Waals surface area contributed by atoms with Gasteiger partial charge in [0.05, 0.1) is 0 Å². The molecular weight excluding hydrogens is 180 g/mol. The van der Waals surface area contributed by atoms with Gasteiger partial charge in [-0.05, 0) is 31.1 Å². The van der Waals surface area contributed by atoms with Crippen molar-refractivity contribution in [3.63, 3.8) is 0 Å². The van der Waals surface area contributed by atoms with E-state index in [2.05, 4.69) is 24.4 Å². The van der Waals surface area contributed by atoms with Gasteiger partial charge >= 0.3 is 0 Å². The van der Waals surface area contributed by atoms with Gasteiger partial charge in [0.2, 0.25) is 0 Å². The molecule has 1 rings (SSSR count). The minimum atomic E-state index is 0.292. The second kappa shape index (κ2) is 4.82. The zero-order valence-corrected chi connectivity index (χ0v) is 8.47. The van der Waals surface area contributed by atoms with Crippen LogP contribution in [-0.4, -0.2) is 11.2 Å². The van der Waals surface area contributed by atoms with Crippen molar-refractivity contribution in [2.75, 3.05) is 0 Å². The molecule has 0 saturated heterocycles. The summed E-state index contributed by atoms with van der Waals surface area (Å²) in [5, 5.41) is 3.36. The van der Waals surface area contributed by atoms with Crippen LogP contribution in [0.25, 0.3) is 0 Å². The normalized spacial score (nSPS) is 12.1. The molecule has 2 nitrogen and oxygen atoms in total. The number of nitrogens with one attached hydrogen (secondary N) is 1. The van der Waals surface area contributed by atoms with Crippen molar-refractivity contribution in [3.05, 3.63) is 35.9 Å². The van der Waals surface area contributed by atoms with Gasteiger partial charge in [-0.2, -0.15) is 0 Å². The Morgan fingerprint density at radius 3 is 2.62 bits per heavy atom. The highest BCUT2D eigenvalue weighted by atomic mass is 32.1. The average Bonchev–Trinajstić information content (AvgIpc) is 2.04. The molecule has 1 aromatic carbocycles. The molecule has 70 valence electrons. The van der Waals surface area contributed by atoms with Crippen LogP contribution >= 0.6 is 12.2 Å². The fraction of sp³-hybridized carbons (Fsp3) is 0.300. The number of hydrogen-bond donors (Lipinski definition) is 2. The van der Waals surface area contributed by atoms with Crippen LogP contribution < -0.4 is 11.1 Å². The van der Waals surface area contributed by atoms with Crippen LogP contribution in [0.3, 0.4) is 0 Å². The third-order valence-electron chi connectivity index (χ3n) is 1.77. The van der Waals surface area contributed by atoms with Gasteiger partial charge < -0.3 is 11.1 Å². The summed E-state index contributed by atoms with van der Waals surface area (Å²) >= 11 is 4.75. The van der Waals surface area contributed by atoms with Crippen LogP contribution in [0.1, 0.15) is 12.5 Å². The molecule has 13 heavy (non-hydrogen) atoms. The van der Waals surface area contributed by atoms with Gasteiger partial charge in [-0.15, -0.1) is 0 Å². The molecule has 0 radical (unpaired) electrons. The van der Waals surface area contributed by atoms with Crippen LogP contribution in [0.5, 0.6) is 0 Å². The van der Waals surface area contributed by atoms with Crippen LogP contribution in [0.4, 0.5) is 0 Å². The average molecular weight is 194 g/mol. The number of benzene rings is 1. The van der Waals surface area contributed by atoms with Crippen molar-refractivity contribution in [1.82, 2.24) is 5.32 Å². The van der Waals surface area contributed by atoms with Gasteiger partial charge in [0.1, 0.15) is 0 Å². The molecule has 0 amide bonds. The van der Waals surface area contributed by atoms with E-state index in [0.29, 0.717) is 11.2 Å². The maximum Gasteiger partial charge on any atom is 0.163 e. The molecule has 1 aromatic rings. The number of thiocarbonyl (C=S) groups is 1. The molecule has 0 spiro atoms. The topological polar surface area (TPSA) is 38.0 Å². The molecule has 1 atom stereocenters. The van der Waals surface area contributed by atoms with E-state index in [9.17, 15) is 0 Å². The van der Waals surface area contributed by atoms with Crippen molar-refractivity contribution in [2.24, 2.45) is 5.73 Å². The van der Waals surface area contributed by atoms with Gasteiger partial charge in [-0.25, -0.2) is 0 Å². The first-order valence-corrected chi connectivity index (χ1v) is 4.69. The van der Waals surface area contributed by atoms with Crippen LogP contribution in [-0.2, 0) is 6.42 Å². The van der Waals surface area contributed by atoms with E-state index in [0.717, 1.165) is 6.42 Å². The Morgan fingerprint density at radius 2 is 2.08 bits per heavy atom. The molecule has 0 fully saturated rings. The van der Waals surface area contributed by atoms with Crippen molar-refractivity contribution in [2.45, 2.75) is 19.4 Å². The van der Waals surface area contributed by atoms with Crippen molar-refractivity contribution in [3.8, 4) is 0 Å². The first kappa shape index (κ1) is 9.99. The summed E-state index contributed by atoms with van der Waals surface area (Å²) in [5.41, 5.74) is 6.66. The van der Waals surface area contributed by atoms with E-state index in [-0.39, 0.29) is 0 Å². The summed E-state index contributed by atoms with van der Waals surface area (Å²) in [6.45, 7) is 2.06. The summed E-state index contributed by atoms with van der Waals surface area (Å²) in [6, 6.07) is 10.6. The highest BCUT2D eigenvalue weighted by molar-refractivity contribution is 7.80. The molecule has 0 unspecified atom stereocenters. The lowest BCUT2D eigenvalue weighted by atomic mass is 10.1. The van der Waals surface area contributed by atoms with Gasteiger partial charge in [-0.3, -0.25) is 0 Å². The Balaban J connectivity index is 2.45. The molecule has 0 aliphatic heterocycles. The SMILES string of the molecule is C[C@@H](Cc1ccccc1)NC(N)=S. The minimum absolute atomic E-state index is 0.292. The first-order valence-electron chi connectivity index (χ1n) is 4.28. The third kappa shape index (κ3) is 3.90. The Kier molecular flexibility index (Phi) is 3.71. The lowest BCUT2D eigenvalue weighted by Crippen LogP contribution is -2.37. The van der Waals surface area contributed by atoms with Crippen molar-refractivity contribution < 1.29 is 0 Å². The summed E-state index contributed by atoms with van der Waals surface area (Å²) in [7, 11) is 0. The summed E-state index contributed by atoms with van der Waals surface area (Å²) in [6.07, 6.45) is 0.943. The zero-order valence-electron chi connectivity index (χ0n) is 7.66. The first-order chi connectivity index (χ1) is 6.18. The predicted molar refractivity (Wildman–Crippen MR) is 59.5 cm³/mol. The maximum absolute atomic E-state index is 5.37. The molecule has 0 heterocycles. The second-order valence-corrected chi connectivity index (χ2v) is 3.54. The molecular formula is C10H14N2S. The zero-order chi connectivity index (χ0) is 9.68. The Bertz CT molecular complexity index is 272. The van der Waals surface area contributed by atoms with E-state index >= 15 is 0 Å². The monoisotopic (exact) mass is 194 g/mol. The van der Waals surface area contributed by atoms with Crippen LogP contribution in [0, 0.1) is 0 Å². The number of hydrogen-bond acceptors (Lipinski definition) is 1. The van der Waals surface area contributed by atoms with Crippen molar-refractivity contribution >= 4 is 17.3 Å². The van der Waals surface area contributed by atoms with E-state index in [1.165, 1.54) is 5.56 Å². The van der Waals surface area contributed by atoms with E-state index in [1.54, 1.807) is 0 Å². The smallest absolute Gasteiger partial charge is 0.163 e. The van der Waals surface area contributed by atoms with Gasteiger partial charge in [0.25, 0.3) is 0 Å². The van der Waals surface area contributed by atoms with E-state index in [4.69, 9.17) is 18.0 Å². The highest BCUT2D eigenvalue weighted by Gasteiger charge is 2.02. The Labute approximate surface area is 84.1 Å². The molecule has 3 heteroatoms. The van der Waals surface area contributed by atoms with Gasteiger partial charge in [0.15, 0.2) is 5.11 Å². The highest BCUT2D eigenvalue weighted by Crippen LogP contribution is 2.02. The quantitative estimate of drug-likeness (QED) is 0.715. The van der Waals surface area contributed by atoms with Crippen LogP contribution in [0.2, 0.25) is 0 Å². The lowest BCUT2D eigenvalue weighted by Gasteiger charge is -2.13. The summed E-state index contributed by atoms with van der Waals surface area (Å²) in [5.74, 6) is 0. The molecule has 0 saturated carbocycles. The maximum atomic E-state index is 5.37. The largest absolute Gasteiger partial charge is 0.376 e. The van der Waals surface area contributed by atoms with Gasteiger partial charge in [0, 0.05) is 6.04 Å². The molecule has 0 bridgehead atoms. The lowest BCUT2D eigenvalue weighted by molar-refractivity contribution is 0.662. The molecule has 0 aliphatic carbocycles. The van der Waals surface area contributed by atoms with Crippen molar-refractivity contribution in [1.29, 1.82) is 0 Å². The number of nitrogens with two attached hydrogens (primary N) is 1. The predicted octanol–water partition coefficient (Wildman–Crippen LogP) is 1.45. The minimum Gasteiger partial charge on any atom is -0.376 e. The van der Waals surface area contributed by atoms with E-state index < -0.39 is 0 Å². The fourth-order valence-electron chi connectivity index (χ4n) is 1.26. The molecule has 3 N–H and O–H groups in total. The molecule has 0 aromatic heterocycles. The number of rotatable bonds is 3. The second-order valence-electron chi connectivity index (χ2n) is 3.10. The summed E-state index contributed by atoms with van der Waals surface area (Å²) in [4.78, 5) is 0. The Hall–Kier alpha value is -1.09. The Morgan fingerprint density at radius 1 is 1.46 bits per heavy atom. The van der Waals surface area contributed by atoms with Crippen LogP contribution in [0.15, 0.2) is 30.3 Å².